The molecule has 22 heteroatoms. The van der Waals surface area contributed by atoms with E-state index in [0.717, 1.165) is 115 Å². The van der Waals surface area contributed by atoms with Crippen LogP contribution < -0.4 is 53.6 Å². The number of hydrogen-bond acceptors (Lipinski definition) is 12. The van der Waals surface area contributed by atoms with Gasteiger partial charge in [-0.2, -0.15) is 11.8 Å². The molecule has 434 valence electrons. The first-order chi connectivity index (χ1) is 36.6. The van der Waals surface area contributed by atoms with Gasteiger partial charge >= 0.3 is 18.1 Å². The maximum absolute atomic E-state index is 12.8. The van der Waals surface area contributed by atoms with E-state index < -0.39 is 42.1 Å². The topological polar surface area (TPSA) is 317 Å². The van der Waals surface area contributed by atoms with Gasteiger partial charge in [0.1, 0.15) is 6.10 Å². The molecular formula is C54H96N10O11S. The lowest BCUT2D eigenvalue weighted by atomic mass is 9.80. The first kappa shape index (κ1) is 65.4. The molecule has 2 heterocycles. The number of hydrogen-bond donors (Lipinski definition) is 11. The lowest BCUT2D eigenvalue weighted by Crippen LogP contribution is -2.53. The predicted molar refractivity (Wildman–Crippen MR) is 294 cm³/mol. The number of carbonyl (C=O) groups excluding carboxylic acids is 8. The first-order valence-corrected chi connectivity index (χ1v) is 29.9. The highest BCUT2D eigenvalue weighted by Crippen LogP contribution is 2.39. The molecule has 1 saturated carbocycles. The summed E-state index contributed by atoms with van der Waals surface area (Å²) in [6.45, 7) is 8.60. The molecule has 0 aromatic rings. The van der Waals surface area contributed by atoms with E-state index >= 15 is 0 Å². The monoisotopic (exact) mass is 1090 g/mol. The third-order valence-corrected chi connectivity index (χ3v) is 16.3. The fraction of sp³-hybridized carbons (Fsp3) is 0.833. The highest BCUT2D eigenvalue weighted by atomic mass is 32.2. The smallest absolute Gasteiger partial charge is 0.407 e. The Morgan fingerprint density at radius 3 is 1.45 bits per heavy atom. The second-order valence-corrected chi connectivity index (χ2v) is 22.2. The highest BCUT2D eigenvalue weighted by Gasteiger charge is 2.52. The molecule has 5 unspecified atom stereocenters. The molecular weight excluding hydrogens is 997 g/mol. The SMILES string of the molecule is CCC(CC)C(NC(C)=O)C1C(N)CC(C(=O)O)C1OC(=O)NCCCCCCNC(=O)CCCCNC(=O)CCCCCNC(=O)CCCCCNC(=O)CCCCCNC(=O)CCCC[C@@H]1SC[C@@H]2NC(=O)N[C@@H]21. The number of carboxylic acids is 1. The number of ether oxygens (including phenoxy) is 1. The minimum atomic E-state index is -1.09. The number of urea groups is 1. The Morgan fingerprint density at radius 1 is 0.605 bits per heavy atom. The van der Waals surface area contributed by atoms with Gasteiger partial charge in [0.05, 0.1) is 18.0 Å². The van der Waals surface area contributed by atoms with Gasteiger partial charge in [-0.1, -0.05) is 65.2 Å². The predicted octanol–water partition coefficient (Wildman–Crippen LogP) is 4.79. The van der Waals surface area contributed by atoms with Gasteiger partial charge in [0.15, 0.2) is 0 Å². The van der Waals surface area contributed by atoms with Crippen molar-refractivity contribution in [3.63, 3.8) is 0 Å². The van der Waals surface area contributed by atoms with Crippen LogP contribution in [-0.4, -0.2) is 139 Å². The van der Waals surface area contributed by atoms with Crippen molar-refractivity contribution in [2.45, 2.75) is 223 Å². The number of nitrogens with two attached hydrogens (primary N) is 1. The third-order valence-electron chi connectivity index (χ3n) is 14.8. The summed E-state index contributed by atoms with van der Waals surface area (Å²) in [6, 6.07) is -0.612. The second kappa shape index (κ2) is 38.7. The van der Waals surface area contributed by atoms with Gasteiger partial charge in [0.25, 0.3) is 0 Å². The zero-order chi connectivity index (χ0) is 55.5. The van der Waals surface area contributed by atoms with Crippen molar-refractivity contribution in [1.29, 1.82) is 0 Å². The molecule has 3 aliphatic rings. The summed E-state index contributed by atoms with van der Waals surface area (Å²) in [6.07, 6.45) is 16.7. The van der Waals surface area contributed by atoms with Crippen LogP contribution in [0.1, 0.15) is 188 Å². The van der Waals surface area contributed by atoms with E-state index in [2.05, 4.69) is 47.9 Å². The summed E-state index contributed by atoms with van der Waals surface area (Å²) >= 11 is 1.89. The molecule has 0 radical (unpaired) electrons. The average molecular weight is 1090 g/mol. The summed E-state index contributed by atoms with van der Waals surface area (Å²) in [4.78, 5) is 110. The van der Waals surface area contributed by atoms with Gasteiger partial charge in [-0.3, -0.25) is 33.6 Å². The first-order valence-electron chi connectivity index (χ1n) is 28.8. The van der Waals surface area contributed by atoms with Crippen LogP contribution in [0.4, 0.5) is 9.59 Å². The largest absolute Gasteiger partial charge is 0.481 e. The average Bonchev–Trinajstić information content (AvgIpc) is 4.05. The van der Waals surface area contributed by atoms with Gasteiger partial charge in [0, 0.05) is 107 Å². The van der Waals surface area contributed by atoms with Crippen molar-refractivity contribution in [1.82, 2.24) is 47.9 Å². The summed E-state index contributed by atoms with van der Waals surface area (Å²) in [7, 11) is 0. The lowest BCUT2D eigenvalue weighted by molar-refractivity contribution is -0.145. The van der Waals surface area contributed by atoms with Gasteiger partial charge < -0.3 is 63.4 Å². The van der Waals surface area contributed by atoms with Crippen LogP contribution in [0.5, 0.6) is 0 Å². The molecule has 9 amide bonds. The Balaban J connectivity index is 1.04. The number of carboxylic acid groups (broad SMARTS) is 1. The Labute approximate surface area is 456 Å². The standard InChI is InChI=1S/C54H96N10O11S/c1-4-38(5-2)49(62-37(3)65)48-40(55)35-39(52(71)72)51(48)75-54(74)61-34-18-7-6-17-29-56-47(70)28-16-22-33-60-45(68)26-13-10-20-31-58-43(66)24-11-8-19-30-57-44(67)25-12-9-21-32-59-46(69)27-15-14-23-42-50-41(36-76-42)63-53(73)64-50/h38-42,48-51H,4-36,55H2,1-3H3,(H,56,70)(H,57,67)(H,58,66)(H,59,69)(H,60,68)(H,61,74)(H,62,65)(H,71,72)(H2,63,64,73)/t39?,40?,41-,42-,48?,49?,50-,51?/m0/s1. The molecule has 0 aromatic carbocycles. The molecule has 12 N–H and O–H groups in total. The number of aliphatic carboxylic acids is 1. The van der Waals surface area contributed by atoms with Crippen LogP contribution >= 0.6 is 11.8 Å². The van der Waals surface area contributed by atoms with Gasteiger partial charge in [-0.25, -0.2) is 9.59 Å². The molecule has 3 rings (SSSR count). The minimum absolute atomic E-state index is 0.0123. The normalized spacial score (nSPS) is 20.9. The number of nitrogens with one attached hydrogen (secondary N) is 9. The Kier molecular flexibility index (Phi) is 33.3. The fourth-order valence-corrected chi connectivity index (χ4v) is 12.1. The zero-order valence-electron chi connectivity index (χ0n) is 46.0. The molecule has 1 aliphatic carbocycles. The molecule has 2 saturated heterocycles. The lowest BCUT2D eigenvalue weighted by Gasteiger charge is -2.36. The molecule has 0 bridgehead atoms. The Morgan fingerprint density at radius 2 is 1.01 bits per heavy atom. The number of amides is 9. The number of alkyl carbamates (subject to hydrolysis) is 1. The van der Waals surface area contributed by atoms with E-state index in [0.29, 0.717) is 95.9 Å². The number of carbonyl (C=O) groups is 9. The van der Waals surface area contributed by atoms with E-state index in [1.165, 1.54) is 6.92 Å². The Bertz CT molecular complexity index is 1790. The third kappa shape index (κ3) is 27.0. The van der Waals surface area contributed by atoms with Crippen LogP contribution in [0.2, 0.25) is 0 Å². The molecule has 8 atom stereocenters. The van der Waals surface area contributed by atoms with Crippen molar-refractivity contribution in [2.24, 2.45) is 23.5 Å². The molecule has 0 aromatic heterocycles. The summed E-state index contributed by atoms with van der Waals surface area (Å²) < 4.78 is 5.72. The molecule has 0 spiro atoms. The number of rotatable bonds is 42. The number of unbranched alkanes of at least 4 members (excludes halogenated alkanes) is 11. The van der Waals surface area contributed by atoms with E-state index in [1.54, 1.807) is 0 Å². The molecule has 21 nitrogen and oxygen atoms in total. The minimum Gasteiger partial charge on any atom is -0.481 e. The van der Waals surface area contributed by atoms with Crippen molar-refractivity contribution in [3.8, 4) is 0 Å². The van der Waals surface area contributed by atoms with E-state index in [-0.39, 0.29) is 65.9 Å². The molecule has 3 fully saturated rings. The van der Waals surface area contributed by atoms with Crippen LogP contribution in [0, 0.1) is 17.8 Å². The highest BCUT2D eigenvalue weighted by molar-refractivity contribution is 8.00. The second-order valence-electron chi connectivity index (χ2n) is 20.9. The van der Waals surface area contributed by atoms with Crippen LogP contribution in [0.3, 0.4) is 0 Å². The van der Waals surface area contributed by atoms with Gasteiger partial charge in [-0.15, -0.1) is 0 Å². The van der Waals surface area contributed by atoms with Crippen molar-refractivity contribution >= 4 is 65.3 Å². The van der Waals surface area contributed by atoms with E-state index in [1.807, 2.05) is 25.6 Å². The van der Waals surface area contributed by atoms with Crippen molar-refractivity contribution in [3.05, 3.63) is 0 Å². The Hall–Kier alpha value is -4.86. The van der Waals surface area contributed by atoms with E-state index in [9.17, 15) is 48.3 Å². The van der Waals surface area contributed by atoms with Gasteiger partial charge in [-0.05, 0) is 89.4 Å². The van der Waals surface area contributed by atoms with Gasteiger partial charge in [0.2, 0.25) is 35.4 Å². The zero-order valence-corrected chi connectivity index (χ0v) is 46.9. The van der Waals surface area contributed by atoms with Crippen LogP contribution in [-0.2, 0) is 38.3 Å². The van der Waals surface area contributed by atoms with Crippen molar-refractivity contribution < 1.29 is 53.0 Å². The summed E-state index contributed by atoms with van der Waals surface area (Å²) in [5, 5.41) is 36.7. The maximum atomic E-state index is 12.8. The fourth-order valence-electron chi connectivity index (χ4n) is 10.5. The summed E-state index contributed by atoms with van der Waals surface area (Å²) in [5.41, 5.74) is 6.43. The number of fused-ring (bicyclic) bond motifs is 1. The van der Waals surface area contributed by atoms with Crippen LogP contribution in [0.15, 0.2) is 0 Å². The maximum Gasteiger partial charge on any atom is 0.407 e. The van der Waals surface area contributed by atoms with E-state index in [4.69, 9.17) is 10.5 Å². The van der Waals surface area contributed by atoms with Crippen molar-refractivity contribution in [2.75, 3.05) is 45.0 Å². The summed E-state index contributed by atoms with van der Waals surface area (Å²) in [5.74, 6) is -1.78. The molecule has 76 heavy (non-hydrogen) atoms. The molecule has 2 aliphatic heterocycles. The quantitative estimate of drug-likeness (QED) is 0.0290. The van der Waals surface area contributed by atoms with Crippen LogP contribution in [0.25, 0.3) is 0 Å². The number of thioether (sulfide) groups is 1.